The van der Waals surface area contributed by atoms with Gasteiger partial charge in [-0.25, -0.2) is 4.98 Å². The number of aromatic nitrogens is 1. The van der Waals surface area contributed by atoms with Crippen LogP contribution in [0, 0.1) is 0 Å². The molecule has 1 aromatic carbocycles. The first-order chi connectivity index (χ1) is 9.19. The van der Waals surface area contributed by atoms with Crippen molar-refractivity contribution in [3.8, 4) is 11.1 Å². The lowest BCUT2D eigenvalue weighted by atomic mass is 10.0. The fraction of sp³-hybridized carbons (Fsp3) is 0.200. The Morgan fingerprint density at radius 1 is 1.26 bits per heavy atom. The van der Waals surface area contributed by atoms with E-state index in [1.54, 1.807) is 6.20 Å². The smallest absolute Gasteiger partial charge is 0.305 e. The fourth-order valence-electron chi connectivity index (χ4n) is 1.88. The first kappa shape index (κ1) is 13.1. The second-order valence-electron chi connectivity index (χ2n) is 4.25. The van der Waals surface area contributed by atoms with Gasteiger partial charge in [-0.05, 0) is 35.2 Å². The van der Waals surface area contributed by atoms with Crippen LogP contribution in [0.4, 0.5) is 5.82 Å². The molecule has 0 atom stereocenters. The maximum absolute atomic E-state index is 11.1. The van der Waals surface area contributed by atoms with Crippen molar-refractivity contribution < 1.29 is 9.53 Å². The Morgan fingerprint density at radius 2 is 2.05 bits per heavy atom. The molecule has 98 valence electrons. The third kappa shape index (κ3) is 3.55. The number of nitrogens with zero attached hydrogens (tertiary/aromatic N) is 1. The van der Waals surface area contributed by atoms with E-state index >= 15 is 0 Å². The lowest BCUT2D eigenvalue weighted by Crippen LogP contribution is -2.01. The average Bonchev–Trinajstić information content (AvgIpc) is 2.45. The fourth-order valence-corrected chi connectivity index (χ4v) is 1.88. The first-order valence-electron chi connectivity index (χ1n) is 6.06. The van der Waals surface area contributed by atoms with Crippen LogP contribution in [0.15, 0.2) is 42.6 Å². The lowest BCUT2D eigenvalue weighted by molar-refractivity contribution is -0.140. The molecule has 0 saturated heterocycles. The van der Waals surface area contributed by atoms with Crippen LogP contribution in [0.5, 0.6) is 0 Å². The van der Waals surface area contributed by atoms with Crippen LogP contribution in [0.25, 0.3) is 11.1 Å². The summed E-state index contributed by atoms with van der Waals surface area (Å²) in [5.41, 5.74) is 8.86. The summed E-state index contributed by atoms with van der Waals surface area (Å²) < 4.78 is 4.64. The van der Waals surface area contributed by atoms with E-state index in [-0.39, 0.29) is 5.97 Å². The summed E-state index contributed by atoms with van der Waals surface area (Å²) in [6.45, 7) is 0. The number of anilines is 1. The Labute approximate surface area is 112 Å². The van der Waals surface area contributed by atoms with Gasteiger partial charge in [0.15, 0.2) is 0 Å². The monoisotopic (exact) mass is 256 g/mol. The summed E-state index contributed by atoms with van der Waals surface area (Å²) in [5.74, 6) is 0.302. The molecule has 0 unspecified atom stereocenters. The van der Waals surface area contributed by atoms with E-state index < -0.39 is 0 Å². The highest BCUT2D eigenvalue weighted by atomic mass is 16.5. The highest BCUT2D eigenvalue weighted by Crippen LogP contribution is 2.21. The second kappa shape index (κ2) is 6.00. The van der Waals surface area contributed by atoms with Crippen molar-refractivity contribution in [2.75, 3.05) is 12.8 Å². The third-order valence-corrected chi connectivity index (χ3v) is 2.89. The summed E-state index contributed by atoms with van der Waals surface area (Å²) >= 11 is 0. The maximum atomic E-state index is 11.1. The molecule has 0 amide bonds. The van der Waals surface area contributed by atoms with E-state index in [2.05, 4.69) is 15.8 Å². The van der Waals surface area contributed by atoms with E-state index in [4.69, 9.17) is 5.73 Å². The molecule has 4 nitrogen and oxygen atoms in total. The summed E-state index contributed by atoms with van der Waals surface area (Å²) in [7, 11) is 1.40. The standard InChI is InChI=1S/C15H16N2O2/c1-19-15(18)6-5-11-3-2-4-12(9-11)13-7-8-17-14(16)10-13/h2-4,7-10H,5-6H2,1H3,(H2,16,17). The van der Waals surface area contributed by atoms with Crippen molar-refractivity contribution in [1.82, 2.24) is 4.98 Å². The number of ether oxygens (including phenoxy) is 1. The molecule has 0 aliphatic heterocycles. The molecule has 2 aromatic rings. The van der Waals surface area contributed by atoms with Crippen molar-refractivity contribution in [1.29, 1.82) is 0 Å². The topological polar surface area (TPSA) is 65.2 Å². The molecule has 4 heteroatoms. The Balaban J connectivity index is 2.17. The number of benzene rings is 1. The Kier molecular flexibility index (Phi) is 4.13. The molecule has 1 heterocycles. The molecule has 0 aliphatic rings. The number of nitrogens with two attached hydrogens (primary N) is 1. The van der Waals surface area contributed by atoms with Crippen LogP contribution in [0.1, 0.15) is 12.0 Å². The molecule has 0 bridgehead atoms. The molecule has 0 radical (unpaired) electrons. The summed E-state index contributed by atoms with van der Waals surface area (Å²) in [6, 6.07) is 11.8. The van der Waals surface area contributed by atoms with Gasteiger partial charge in [0.2, 0.25) is 0 Å². The highest BCUT2D eigenvalue weighted by Gasteiger charge is 2.04. The van der Waals surface area contributed by atoms with Crippen molar-refractivity contribution in [3.63, 3.8) is 0 Å². The van der Waals surface area contributed by atoms with Crippen molar-refractivity contribution in [2.24, 2.45) is 0 Å². The Hall–Kier alpha value is -2.36. The number of carbonyl (C=O) groups excluding carboxylic acids is 1. The van der Waals surface area contributed by atoms with Gasteiger partial charge >= 0.3 is 5.97 Å². The van der Waals surface area contributed by atoms with Crippen LogP contribution >= 0.6 is 0 Å². The zero-order valence-corrected chi connectivity index (χ0v) is 10.8. The zero-order chi connectivity index (χ0) is 13.7. The SMILES string of the molecule is COC(=O)CCc1cccc(-c2ccnc(N)c2)c1. The number of carbonyl (C=O) groups is 1. The molecule has 2 rings (SSSR count). The molecule has 0 fully saturated rings. The van der Waals surface area contributed by atoms with Crippen molar-refractivity contribution >= 4 is 11.8 Å². The minimum absolute atomic E-state index is 0.196. The molecular weight excluding hydrogens is 240 g/mol. The van der Waals surface area contributed by atoms with Gasteiger partial charge in [-0.2, -0.15) is 0 Å². The van der Waals surface area contributed by atoms with Gasteiger partial charge in [-0.15, -0.1) is 0 Å². The van der Waals surface area contributed by atoms with Gasteiger partial charge < -0.3 is 10.5 Å². The molecule has 19 heavy (non-hydrogen) atoms. The van der Waals surface area contributed by atoms with Crippen molar-refractivity contribution in [2.45, 2.75) is 12.8 Å². The van der Waals surface area contributed by atoms with Gasteiger partial charge in [0.05, 0.1) is 7.11 Å². The largest absolute Gasteiger partial charge is 0.469 e. The number of rotatable bonds is 4. The van der Waals surface area contributed by atoms with Crippen LogP contribution in [0.3, 0.4) is 0 Å². The molecule has 0 aliphatic carbocycles. The Bertz CT molecular complexity index is 582. The van der Waals surface area contributed by atoms with Gasteiger partial charge in [-0.3, -0.25) is 4.79 Å². The number of esters is 1. The number of hydrogen-bond acceptors (Lipinski definition) is 4. The number of hydrogen-bond donors (Lipinski definition) is 1. The molecule has 0 saturated carbocycles. The predicted octanol–water partition coefficient (Wildman–Crippen LogP) is 2.44. The summed E-state index contributed by atoms with van der Waals surface area (Å²) in [4.78, 5) is 15.1. The minimum Gasteiger partial charge on any atom is -0.469 e. The van der Waals surface area contributed by atoms with Crippen LogP contribution in [-0.4, -0.2) is 18.1 Å². The Morgan fingerprint density at radius 3 is 2.79 bits per heavy atom. The lowest BCUT2D eigenvalue weighted by Gasteiger charge is -2.06. The highest BCUT2D eigenvalue weighted by molar-refractivity contribution is 5.70. The van der Waals surface area contributed by atoms with E-state index in [9.17, 15) is 4.79 Å². The van der Waals surface area contributed by atoms with Crippen molar-refractivity contribution in [3.05, 3.63) is 48.2 Å². The van der Waals surface area contributed by atoms with E-state index in [0.717, 1.165) is 16.7 Å². The maximum Gasteiger partial charge on any atom is 0.305 e. The quantitative estimate of drug-likeness (QED) is 0.853. The number of nitrogen functional groups attached to an aromatic ring is 1. The van der Waals surface area contributed by atoms with E-state index in [1.165, 1.54) is 7.11 Å². The molecule has 1 aromatic heterocycles. The number of methoxy groups -OCH3 is 1. The van der Waals surface area contributed by atoms with Crippen LogP contribution in [-0.2, 0) is 16.0 Å². The normalized spacial score (nSPS) is 10.2. The number of aryl methyl sites for hydroxylation is 1. The zero-order valence-electron chi connectivity index (χ0n) is 10.8. The molecular formula is C15H16N2O2. The number of pyridine rings is 1. The summed E-state index contributed by atoms with van der Waals surface area (Å²) in [5, 5.41) is 0. The van der Waals surface area contributed by atoms with Gasteiger partial charge in [0.1, 0.15) is 5.82 Å². The average molecular weight is 256 g/mol. The van der Waals surface area contributed by atoms with Gasteiger partial charge in [0, 0.05) is 12.6 Å². The predicted molar refractivity (Wildman–Crippen MR) is 74.4 cm³/mol. The first-order valence-corrected chi connectivity index (χ1v) is 6.06. The second-order valence-corrected chi connectivity index (χ2v) is 4.25. The van der Waals surface area contributed by atoms with E-state index in [0.29, 0.717) is 18.7 Å². The van der Waals surface area contributed by atoms with Gasteiger partial charge in [-0.1, -0.05) is 24.3 Å². The third-order valence-electron chi connectivity index (χ3n) is 2.89. The van der Waals surface area contributed by atoms with Gasteiger partial charge in [0.25, 0.3) is 0 Å². The van der Waals surface area contributed by atoms with E-state index in [1.807, 2.05) is 30.3 Å². The van der Waals surface area contributed by atoms with Crippen LogP contribution in [0.2, 0.25) is 0 Å². The van der Waals surface area contributed by atoms with Crippen LogP contribution < -0.4 is 5.73 Å². The summed E-state index contributed by atoms with van der Waals surface area (Å²) in [6.07, 6.45) is 2.74. The molecule has 0 spiro atoms. The minimum atomic E-state index is -0.196. The molecule has 2 N–H and O–H groups in total.